The van der Waals surface area contributed by atoms with Gasteiger partial charge in [0.25, 0.3) is 5.91 Å². The fraction of sp³-hybridized carbons (Fsp3) is 0.200. The molecule has 3 heterocycles. The smallest absolute Gasteiger partial charge is 0.278 e. The number of rotatable bonds is 5. The molecule has 0 aliphatic rings. The Hall–Kier alpha value is -3.26. The quantitative estimate of drug-likeness (QED) is 0.518. The fourth-order valence-electron chi connectivity index (χ4n) is 3.05. The number of para-hydroxylation sites is 1. The van der Waals surface area contributed by atoms with Gasteiger partial charge in [0.1, 0.15) is 17.0 Å². The molecule has 8 heteroatoms. The number of hydrogen-bond donors (Lipinski definition) is 0. The van der Waals surface area contributed by atoms with Gasteiger partial charge < -0.3 is 4.74 Å². The van der Waals surface area contributed by atoms with Crippen molar-refractivity contribution in [2.75, 3.05) is 12.0 Å². The second-order valence-corrected chi connectivity index (χ2v) is 7.32. The summed E-state index contributed by atoms with van der Waals surface area (Å²) in [4.78, 5) is 24.2. The number of methoxy groups -OCH3 is 1. The molecule has 0 atom stereocenters. The third-order valence-corrected chi connectivity index (χ3v) is 5.48. The van der Waals surface area contributed by atoms with E-state index in [9.17, 15) is 4.79 Å². The minimum absolute atomic E-state index is 0.166. The van der Waals surface area contributed by atoms with Crippen LogP contribution in [0, 0.1) is 6.92 Å². The number of aromatic nitrogens is 4. The summed E-state index contributed by atoms with van der Waals surface area (Å²) in [6.45, 7) is 2.19. The molecule has 1 aromatic carbocycles. The molecule has 0 fully saturated rings. The number of ether oxygens (including phenoxy) is 1. The molecule has 3 aromatic heterocycles. The van der Waals surface area contributed by atoms with Crippen molar-refractivity contribution in [2.24, 2.45) is 7.05 Å². The van der Waals surface area contributed by atoms with Gasteiger partial charge in [-0.3, -0.25) is 19.4 Å². The summed E-state index contributed by atoms with van der Waals surface area (Å²) >= 11 is 1.45. The maximum Gasteiger partial charge on any atom is 0.278 e. The predicted molar refractivity (Wildman–Crippen MR) is 109 cm³/mol. The Balaban J connectivity index is 1.82. The molecule has 4 aromatic rings. The normalized spacial score (nSPS) is 11.0. The number of carbonyl (C=O) groups is 1. The maximum atomic E-state index is 13.5. The molecule has 0 bridgehead atoms. The van der Waals surface area contributed by atoms with Crippen LogP contribution in [0.2, 0.25) is 0 Å². The Morgan fingerprint density at radius 1 is 1.25 bits per heavy atom. The fourth-order valence-corrected chi connectivity index (χ4v) is 4.03. The zero-order valence-electron chi connectivity index (χ0n) is 15.8. The van der Waals surface area contributed by atoms with E-state index in [0.29, 0.717) is 23.1 Å². The Bertz CT molecular complexity index is 1120. The lowest BCUT2D eigenvalue weighted by Crippen LogP contribution is -2.32. The van der Waals surface area contributed by atoms with E-state index < -0.39 is 0 Å². The van der Waals surface area contributed by atoms with Crippen molar-refractivity contribution in [1.29, 1.82) is 0 Å². The van der Waals surface area contributed by atoms with Crippen molar-refractivity contribution in [3.63, 3.8) is 0 Å². The highest BCUT2D eigenvalue weighted by Crippen LogP contribution is 2.35. The number of thiazole rings is 1. The summed E-state index contributed by atoms with van der Waals surface area (Å²) in [5, 5.41) is 4.80. The van der Waals surface area contributed by atoms with Gasteiger partial charge in [-0.1, -0.05) is 23.5 Å². The van der Waals surface area contributed by atoms with E-state index in [1.54, 1.807) is 36.1 Å². The van der Waals surface area contributed by atoms with E-state index in [2.05, 4.69) is 10.1 Å². The zero-order valence-corrected chi connectivity index (χ0v) is 16.6. The maximum absolute atomic E-state index is 13.5. The number of hydrogen-bond acceptors (Lipinski definition) is 6. The van der Waals surface area contributed by atoms with Crippen molar-refractivity contribution in [3.8, 4) is 5.75 Å². The van der Waals surface area contributed by atoms with Gasteiger partial charge in [-0.05, 0) is 36.8 Å². The highest BCUT2D eigenvalue weighted by atomic mass is 32.1. The standard InChI is InChI=1S/C20H19N5O2S/c1-13-11-22-24(2)18(13)19(26)25(12-14-7-4-5-10-21-14)20-23-17-15(27-3)8-6-9-16(17)28-20/h4-11H,12H2,1-3H3. The first-order valence-electron chi connectivity index (χ1n) is 8.72. The van der Waals surface area contributed by atoms with Crippen LogP contribution >= 0.6 is 11.3 Å². The minimum Gasteiger partial charge on any atom is -0.494 e. The highest BCUT2D eigenvalue weighted by Gasteiger charge is 2.26. The van der Waals surface area contributed by atoms with E-state index in [0.717, 1.165) is 21.5 Å². The summed E-state index contributed by atoms with van der Waals surface area (Å²) in [5.74, 6) is 0.517. The van der Waals surface area contributed by atoms with Crippen LogP contribution in [0.1, 0.15) is 21.7 Å². The summed E-state index contributed by atoms with van der Waals surface area (Å²) in [6, 6.07) is 11.4. The van der Waals surface area contributed by atoms with Gasteiger partial charge in [0.15, 0.2) is 5.13 Å². The van der Waals surface area contributed by atoms with Crippen molar-refractivity contribution in [3.05, 3.63) is 65.7 Å². The van der Waals surface area contributed by atoms with Crippen LogP contribution in [0.4, 0.5) is 5.13 Å². The SMILES string of the molecule is COc1cccc2sc(N(Cc3ccccn3)C(=O)c3c(C)cnn3C)nc12. The van der Waals surface area contributed by atoms with Crippen LogP contribution in [-0.4, -0.2) is 32.8 Å². The van der Waals surface area contributed by atoms with Gasteiger partial charge >= 0.3 is 0 Å². The molecule has 1 amide bonds. The molecule has 7 nitrogen and oxygen atoms in total. The van der Waals surface area contributed by atoms with Crippen molar-refractivity contribution in [1.82, 2.24) is 19.7 Å². The predicted octanol–water partition coefficient (Wildman–Crippen LogP) is 3.59. The van der Waals surface area contributed by atoms with Gasteiger partial charge in [0.05, 0.1) is 30.2 Å². The van der Waals surface area contributed by atoms with Crippen molar-refractivity contribution in [2.45, 2.75) is 13.5 Å². The molecule has 0 aliphatic heterocycles. The first kappa shape index (κ1) is 18.1. The number of pyridine rings is 1. The third kappa shape index (κ3) is 3.22. The number of nitrogens with zero attached hydrogens (tertiary/aromatic N) is 5. The lowest BCUT2D eigenvalue weighted by molar-refractivity contribution is 0.0975. The van der Waals surface area contributed by atoms with Crippen LogP contribution in [0.25, 0.3) is 10.2 Å². The molecule has 0 spiro atoms. The average Bonchev–Trinajstić information content (AvgIpc) is 3.29. The Morgan fingerprint density at radius 3 is 2.79 bits per heavy atom. The first-order valence-corrected chi connectivity index (χ1v) is 9.54. The van der Waals surface area contributed by atoms with E-state index in [1.165, 1.54) is 11.3 Å². The van der Waals surface area contributed by atoms with Crippen LogP contribution in [0.3, 0.4) is 0 Å². The van der Waals surface area contributed by atoms with Crippen molar-refractivity contribution < 1.29 is 9.53 Å². The number of anilines is 1. The van der Waals surface area contributed by atoms with Gasteiger partial charge in [-0.15, -0.1) is 0 Å². The van der Waals surface area contributed by atoms with E-state index in [1.807, 2.05) is 43.3 Å². The first-order chi connectivity index (χ1) is 13.6. The number of amides is 1. The lowest BCUT2D eigenvalue weighted by atomic mass is 10.2. The molecule has 28 heavy (non-hydrogen) atoms. The molecule has 142 valence electrons. The summed E-state index contributed by atoms with van der Waals surface area (Å²) in [6.07, 6.45) is 3.41. The third-order valence-electron chi connectivity index (χ3n) is 4.44. The second kappa shape index (κ2) is 7.40. The molecule has 0 radical (unpaired) electrons. The Morgan fingerprint density at radius 2 is 2.11 bits per heavy atom. The molecule has 0 saturated heterocycles. The number of carbonyl (C=O) groups excluding carboxylic acids is 1. The van der Waals surface area contributed by atoms with Crippen LogP contribution in [0.5, 0.6) is 5.75 Å². The van der Waals surface area contributed by atoms with Gasteiger partial charge in [0, 0.05) is 13.2 Å². The lowest BCUT2D eigenvalue weighted by Gasteiger charge is -2.20. The van der Waals surface area contributed by atoms with Gasteiger partial charge in [-0.25, -0.2) is 4.98 Å². The number of aryl methyl sites for hydroxylation is 2. The zero-order chi connectivity index (χ0) is 19.7. The summed E-state index contributed by atoms with van der Waals surface area (Å²) < 4.78 is 7.97. The van der Waals surface area contributed by atoms with E-state index in [-0.39, 0.29) is 5.91 Å². The number of benzene rings is 1. The largest absolute Gasteiger partial charge is 0.494 e. The molecule has 0 saturated carbocycles. The van der Waals surface area contributed by atoms with Crippen LogP contribution < -0.4 is 9.64 Å². The van der Waals surface area contributed by atoms with Gasteiger partial charge in [-0.2, -0.15) is 5.10 Å². The molecule has 4 rings (SSSR count). The van der Waals surface area contributed by atoms with E-state index >= 15 is 0 Å². The monoisotopic (exact) mass is 393 g/mol. The second-order valence-electron chi connectivity index (χ2n) is 6.32. The van der Waals surface area contributed by atoms with Crippen molar-refractivity contribution >= 4 is 32.6 Å². The van der Waals surface area contributed by atoms with Crippen LogP contribution in [0.15, 0.2) is 48.8 Å². The minimum atomic E-state index is -0.166. The van der Waals surface area contributed by atoms with Gasteiger partial charge in [0.2, 0.25) is 0 Å². The molecular formula is C20H19N5O2S. The van der Waals surface area contributed by atoms with E-state index in [4.69, 9.17) is 9.72 Å². The molecular weight excluding hydrogens is 374 g/mol. The highest BCUT2D eigenvalue weighted by molar-refractivity contribution is 7.22. The summed E-state index contributed by atoms with van der Waals surface area (Å²) in [5.41, 5.74) is 2.87. The average molecular weight is 393 g/mol. The molecule has 0 aliphatic carbocycles. The topological polar surface area (TPSA) is 73.1 Å². The Labute approximate surface area is 166 Å². The Kier molecular flexibility index (Phi) is 4.79. The number of fused-ring (bicyclic) bond motifs is 1. The van der Waals surface area contributed by atoms with Crippen LogP contribution in [-0.2, 0) is 13.6 Å². The molecule has 0 N–H and O–H groups in total. The summed E-state index contributed by atoms with van der Waals surface area (Å²) in [7, 11) is 3.38. The molecule has 0 unspecified atom stereocenters.